The number of aliphatic hydroxyl groups excluding tert-OH is 2. The highest BCUT2D eigenvalue weighted by Gasteiger charge is 2.36. The zero-order valence-corrected chi connectivity index (χ0v) is 29.5. The van der Waals surface area contributed by atoms with Gasteiger partial charge in [-0.1, -0.05) is 77.8 Å². The molecule has 1 aliphatic heterocycles. The van der Waals surface area contributed by atoms with Gasteiger partial charge in [0.15, 0.2) is 0 Å². The van der Waals surface area contributed by atoms with Gasteiger partial charge in [0.1, 0.15) is 36.3 Å². The van der Waals surface area contributed by atoms with Gasteiger partial charge in [-0.05, 0) is 43.6 Å². The molecule has 49 heavy (non-hydrogen) atoms. The fraction of sp³-hybridized carbons (Fsp3) is 0.657. The normalized spacial score (nSPS) is 25.9. The van der Waals surface area contributed by atoms with Gasteiger partial charge >= 0.3 is 5.97 Å². The molecule has 1 heterocycles. The minimum Gasteiger partial charge on any atom is -0.460 e. The minimum absolute atomic E-state index is 0.00509. The van der Waals surface area contributed by atoms with Crippen LogP contribution in [0.15, 0.2) is 30.3 Å². The number of carbonyl (C=O) groups excluding carboxylic acids is 6. The predicted molar refractivity (Wildman–Crippen MR) is 181 cm³/mol. The molecular weight excluding hydrogens is 634 g/mol. The van der Waals surface area contributed by atoms with E-state index < -0.39 is 90.4 Å². The summed E-state index contributed by atoms with van der Waals surface area (Å²) in [6.07, 6.45) is 0.394. The van der Waals surface area contributed by atoms with Crippen LogP contribution in [-0.4, -0.2) is 94.7 Å². The van der Waals surface area contributed by atoms with Crippen LogP contribution in [0.25, 0.3) is 0 Å². The van der Waals surface area contributed by atoms with Crippen molar-refractivity contribution in [2.24, 2.45) is 11.8 Å². The zero-order chi connectivity index (χ0) is 36.7. The maximum Gasteiger partial charge on any atom is 0.329 e. The van der Waals surface area contributed by atoms with E-state index in [0.717, 1.165) is 12.8 Å². The Labute approximate surface area is 288 Å². The minimum atomic E-state index is -1.59. The van der Waals surface area contributed by atoms with Crippen molar-refractivity contribution >= 4 is 35.5 Å². The van der Waals surface area contributed by atoms with E-state index in [1.54, 1.807) is 44.2 Å². The Morgan fingerprint density at radius 2 is 1.35 bits per heavy atom. The summed E-state index contributed by atoms with van der Waals surface area (Å²) < 4.78 is 5.85. The fourth-order valence-corrected chi connectivity index (χ4v) is 5.42. The first-order valence-corrected chi connectivity index (χ1v) is 17.2. The lowest BCUT2D eigenvalue weighted by molar-refractivity contribution is -0.156. The van der Waals surface area contributed by atoms with Crippen LogP contribution in [0.3, 0.4) is 0 Å². The van der Waals surface area contributed by atoms with E-state index in [0.29, 0.717) is 18.4 Å². The smallest absolute Gasteiger partial charge is 0.329 e. The van der Waals surface area contributed by atoms with Gasteiger partial charge in [-0.15, -0.1) is 0 Å². The van der Waals surface area contributed by atoms with Crippen LogP contribution in [0.5, 0.6) is 0 Å². The Morgan fingerprint density at radius 3 is 1.92 bits per heavy atom. The summed E-state index contributed by atoms with van der Waals surface area (Å²) in [5.41, 5.74) is 0.684. The van der Waals surface area contributed by atoms with E-state index in [1.807, 2.05) is 20.8 Å². The van der Waals surface area contributed by atoms with Gasteiger partial charge in [-0.25, -0.2) is 4.79 Å². The summed E-state index contributed by atoms with van der Waals surface area (Å²) in [6, 6.07) is 2.20. The van der Waals surface area contributed by atoms with Crippen molar-refractivity contribution in [1.29, 1.82) is 0 Å². The first kappa shape index (κ1) is 41.1. The lowest BCUT2D eigenvalue weighted by Crippen LogP contribution is -2.62. The first-order chi connectivity index (χ1) is 23.2. The number of esters is 1. The van der Waals surface area contributed by atoms with E-state index in [1.165, 1.54) is 6.92 Å². The number of hydrogen-bond acceptors (Lipinski definition) is 9. The lowest BCUT2D eigenvalue weighted by atomic mass is 10.0. The Bertz CT molecular complexity index is 1260. The van der Waals surface area contributed by atoms with Crippen LogP contribution in [-0.2, 0) is 39.9 Å². The number of amides is 5. The van der Waals surface area contributed by atoms with Crippen molar-refractivity contribution in [3.8, 4) is 0 Å². The third kappa shape index (κ3) is 13.8. The molecule has 0 aromatic heterocycles. The molecular formula is C35H55N5O9. The lowest BCUT2D eigenvalue weighted by Gasteiger charge is -2.28. The Hall–Kier alpha value is -4.04. The Morgan fingerprint density at radius 1 is 0.755 bits per heavy atom. The monoisotopic (exact) mass is 689 g/mol. The van der Waals surface area contributed by atoms with Crippen LogP contribution in [0.4, 0.5) is 0 Å². The molecule has 1 fully saturated rings. The number of carbonyl (C=O) groups is 6. The number of nitrogens with one attached hydrogen (secondary N) is 5. The summed E-state index contributed by atoms with van der Waals surface area (Å²) in [5, 5.41) is 33.3. The van der Waals surface area contributed by atoms with Crippen molar-refractivity contribution in [3.05, 3.63) is 35.9 Å². The largest absolute Gasteiger partial charge is 0.460 e. The maximum atomic E-state index is 13.8. The Kier molecular flexibility index (Phi) is 17.2. The molecule has 1 aromatic carbocycles. The van der Waals surface area contributed by atoms with E-state index in [2.05, 4.69) is 26.6 Å². The zero-order valence-electron chi connectivity index (χ0n) is 29.5. The van der Waals surface area contributed by atoms with Crippen molar-refractivity contribution in [2.45, 2.75) is 129 Å². The number of hydrogen-bond donors (Lipinski definition) is 7. The molecule has 2 rings (SSSR count). The van der Waals surface area contributed by atoms with E-state index in [9.17, 15) is 39.0 Å². The fourth-order valence-electron chi connectivity index (χ4n) is 5.42. The van der Waals surface area contributed by atoms with Gasteiger partial charge in [0.2, 0.25) is 29.5 Å². The van der Waals surface area contributed by atoms with E-state index in [-0.39, 0.29) is 25.2 Å². The highest BCUT2D eigenvalue weighted by atomic mass is 16.5. The van der Waals surface area contributed by atoms with Gasteiger partial charge in [-0.3, -0.25) is 24.0 Å². The predicted octanol–water partition coefficient (Wildman–Crippen LogP) is 0.624. The molecule has 14 heteroatoms. The molecule has 0 spiro atoms. The molecule has 0 saturated carbocycles. The number of unbranched alkanes of at least 4 members (excludes halogenated alkanes) is 2. The molecule has 5 amide bonds. The second-order valence-corrected chi connectivity index (χ2v) is 13.5. The molecule has 14 nitrogen and oxygen atoms in total. The summed E-state index contributed by atoms with van der Waals surface area (Å²) in [5.74, 6) is -5.15. The summed E-state index contributed by atoms with van der Waals surface area (Å²) in [4.78, 5) is 80.8. The second-order valence-electron chi connectivity index (χ2n) is 13.5. The molecule has 7 atom stereocenters. The average molecular weight is 690 g/mol. The molecule has 0 bridgehead atoms. The van der Waals surface area contributed by atoms with Crippen LogP contribution in [0, 0.1) is 11.8 Å². The van der Waals surface area contributed by atoms with Crippen molar-refractivity contribution in [2.75, 3.05) is 6.61 Å². The summed E-state index contributed by atoms with van der Waals surface area (Å²) in [7, 11) is 0. The van der Waals surface area contributed by atoms with Gasteiger partial charge in [0.25, 0.3) is 0 Å². The third-order valence-electron chi connectivity index (χ3n) is 8.20. The standard InChI is InChI=1S/C35H55N5O9/c1-7-8-10-15-24-18-28(43)36-25(16-20(2)3)31(44)38-27(19-41)33(46)40-30(22(6)42)34(47)37-26(17-23-13-11-9-12-14-23)32(45)39-29(21(4)5)35(48)49-24/h9,11-14,20-22,24-27,29-30,41-42H,7-8,10,15-19H2,1-6H3,(H,36,43)(H,37,47)(H,38,44)(H,39,45)(H,40,46)/t22-,24?,25-,26+,27+,29+,30+/m1/s1. The first-order valence-electron chi connectivity index (χ1n) is 17.2. The van der Waals surface area contributed by atoms with Gasteiger partial charge in [-0.2, -0.15) is 0 Å². The molecule has 0 radical (unpaired) electrons. The number of rotatable bonds is 11. The summed E-state index contributed by atoms with van der Waals surface area (Å²) in [6.45, 7) is 9.55. The van der Waals surface area contributed by atoms with E-state index in [4.69, 9.17) is 4.74 Å². The Balaban J connectivity index is 2.58. The molecule has 1 aliphatic rings. The topological polar surface area (TPSA) is 212 Å². The van der Waals surface area contributed by atoms with Gasteiger partial charge < -0.3 is 41.5 Å². The van der Waals surface area contributed by atoms with Crippen LogP contribution in [0.2, 0.25) is 0 Å². The molecule has 7 N–H and O–H groups in total. The average Bonchev–Trinajstić information content (AvgIpc) is 3.03. The molecule has 1 aromatic rings. The van der Waals surface area contributed by atoms with Gasteiger partial charge in [0, 0.05) is 6.42 Å². The van der Waals surface area contributed by atoms with Crippen molar-refractivity contribution in [3.63, 3.8) is 0 Å². The highest BCUT2D eigenvalue weighted by molar-refractivity contribution is 5.96. The van der Waals surface area contributed by atoms with Crippen molar-refractivity contribution in [1.82, 2.24) is 26.6 Å². The van der Waals surface area contributed by atoms with Gasteiger partial charge in [0.05, 0.1) is 19.1 Å². The van der Waals surface area contributed by atoms with E-state index >= 15 is 0 Å². The maximum absolute atomic E-state index is 13.8. The van der Waals surface area contributed by atoms with Crippen LogP contribution in [0.1, 0.15) is 85.6 Å². The molecule has 1 saturated heterocycles. The quantitative estimate of drug-likeness (QED) is 0.128. The highest BCUT2D eigenvalue weighted by Crippen LogP contribution is 2.16. The molecule has 1 unspecified atom stereocenters. The number of aliphatic hydroxyl groups is 2. The third-order valence-corrected chi connectivity index (χ3v) is 8.20. The number of ether oxygens (including phenoxy) is 1. The van der Waals surface area contributed by atoms with Crippen LogP contribution >= 0.6 is 0 Å². The summed E-state index contributed by atoms with van der Waals surface area (Å²) >= 11 is 0. The van der Waals surface area contributed by atoms with Crippen molar-refractivity contribution < 1.29 is 43.7 Å². The number of cyclic esters (lactones) is 1. The SMILES string of the molecule is CCCCCC1CC(=O)N[C@H](CC(C)C)C(=O)N[C@@H](CO)C(=O)N[C@@H]([C@@H](C)O)C(=O)N[C@@H](Cc2ccccc2)C(=O)N[C@@H](C(C)C)C(=O)O1. The van der Waals surface area contributed by atoms with Crippen LogP contribution < -0.4 is 26.6 Å². The molecule has 274 valence electrons. The molecule has 0 aliphatic carbocycles. The second kappa shape index (κ2) is 20.5. The number of benzene rings is 1.